The van der Waals surface area contributed by atoms with Gasteiger partial charge in [-0.1, -0.05) is 25.5 Å². The molecule has 0 aromatic heterocycles. The maximum atomic E-state index is 6.91. The first-order valence-corrected chi connectivity index (χ1v) is 11.8. The molecule has 1 aliphatic heterocycles. The van der Waals surface area contributed by atoms with Crippen LogP contribution in [0, 0.1) is 40.4 Å². The molecular formula is C25H41NO. The van der Waals surface area contributed by atoms with Gasteiger partial charge in [-0.25, -0.2) is 0 Å². The highest BCUT2D eigenvalue weighted by molar-refractivity contribution is 5.25. The predicted octanol–water partition coefficient (Wildman–Crippen LogP) is 5.71. The summed E-state index contributed by atoms with van der Waals surface area (Å²) in [6.45, 7) is 12.2. The van der Waals surface area contributed by atoms with Crippen molar-refractivity contribution in [3.63, 3.8) is 0 Å². The highest BCUT2D eigenvalue weighted by Crippen LogP contribution is 2.70. The molecule has 3 unspecified atom stereocenters. The Morgan fingerprint density at radius 1 is 1.00 bits per heavy atom. The van der Waals surface area contributed by atoms with E-state index in [1.54, 1.807) is 5.57 Å². The van der Waals surface area contributed by atoms with E-state index in [9.17, 15) is 0 Å². The second-order valence-electron chi connectivity index (χ2n) is 12.0. The molecule has 2 heteroatoms. The molecule has 0 radical (unpaired) electrons. The minimum atomic E-state index is 0.0442. The molecule has 4 saturated carbocycles. The molecule has 1 saturated heterocycles. The van der Waals surface area contributed by atoms with Crippen LogP contribution in [-0.4, -0.2) is 17.7 Å². The number of rotatable bonds is 0. The quantitative estimate of drug-likeness (QED) is 0.554. The lowest BCUT2D eigenvalue weighted by molar-refractivity contribution is -0.186. The van der Waals surface area contributed by atoms with Crippen molar-refractivity contribution >= 4 is 0 Å². The van der Waals surface area contributed by atoms with Gasteiger partial charge in [0, 0.05) is 6.04 Å². The number of hydrogen-bond acceptors (Lipinski definition) is 2. The number of nitrogens with two attached hydrogens (primary N) is 1. The zero-order valence-corrected chi connectivity index (χ0v) is 18.3. The fourth-order valence-corrected chi connectivity index (χ4v) is 9.19. The Labute approximate surface area is 166 Å². The van der Waals surface area contributed by atoms with Crippen molar-refractivity contribution in [1.82, 2.24) is 0 Å². The third kappa shape index (κ3) is 2.44. The van der Waals surface area contributed by atoms with Crippen molar-refractivity contribution in [2.75, 3.05) is 0 Å². The van der Waals surface area contributed by atoms with E-state index >= 15 is 0 Å². The second-order valence-corrected chi connectivity index (χ2v) is 12.0. The average Bonchev–Trinajstić information content (AvgIpc) is 3.11. The smallest absolute Gasteiger partial charge is 0.0648 e. The van der Waals surface area contributed by atoms with E-state index in [4.69, 9.17) is 10.5 Å². The van der Waals surface area contributed by atoms with Crippen molar-refractivity contribution in [1.29, 1.82) is 0 Å². The largest absolute Gasteiger partial charge is 0.372 e. The van der Waals surface area contributed by atoms with Crippen molar-refractivity contribution in [3.05, 3.63) is 11.6 Å². The molecule has 27 heavy (non-hydrogen) atoms. The number of ether oxygens (including phenoxy) is 1. The normalized spacial score (nSPS) is 57.7. The monoisotopic (exact) mass is 371 g/mol. The molecule has 0 aromatic rings. The molecule has 9 atom stereocenters. The highest BCUT2D eigenvalue weighted by Gasteiger charge is 2.66. The van der Waals surface area contributed by atoms with E-state index in [1.807, 2.05) is 0 Å². The van der Waals surface area contributed by atoms with Crippen LogP contribution in [0.15, 0.2) is 11.6 Å². The summed E-state index contributed by atoms with van der Waals surface area (Å²) in [6, 6.07) is 0.416. The maximum absolute atomic E-state index is 6.91. The number of fused-ring (bicyclic) bond motifs is 8. The van der Waals surface area contributed by atoms with Crippen LogP contribution < -0.4 is 5.73 Å². The van der Waals surface area contributed by atoms with Gasteiger partial charge in [-0.05, 0) is 113 Å². The third-order valence-corrected chi connectivity index (χ3v) is 10.3. The Morgan fingerprint density at radius 2 is 1.78 bits per heavy atom. The van der Waals surface area contributed by atoms with Crippen LogP contribution in [0.25, 0.3) is 0 Å². The Hall–Kier alpha value is -0.340. The molecule has 0 bridgehead atoms. The Bertz CT molecular complexity index is 653. The van der Waals surface area contributed by atoms with Crippen LogP contribution in [0.5, 0.6) is 0 Å². The molecule has 1 heterocycles. The Kier molecular flexibility index (Phi) is 4.04. The van der Waals surface area contributed by atoms with Gasteiger partial charge in [-0.15, -0.1) is 0 Å². The molecule has 0 spiro atoms. The fraction of sp³-hybridized carbons (Fsp3) is 0.920. The van der Waals surface area contributed by atoms with Crippen LogP contribution in [-0.2, 0) is 4.74 Å². The minimum Gasteiger partial charge on any atom is -0.372 e. The van der Waals surface area contributed by atoms with Gasteiger partial charge in [-0.2, -0.15) is 0 Å². The SMILES string of the molecule is C/C=C1\CCC2C3C(CC[C@]12C)[C@@]1(C)CC[C@H](N)C[C@@H]1[C@H]1CC(C)(C)O[C@H]31. The molecule has 2 N–H and O–H groups in total. The first-order valence-electron chi connectivity index (χ1n) is 11.8. The van der Waals surface area contributed by atoms with Crippen LogP contribution in [0.2, 0.25) is 0 Å². The first kappa shape index (κ1) is 18.7. The van der Waals surface area contributed by atoms with E-state index in [0.29, 0.717) is 23.0 Å². The van der Waals surface area contributed by atoms with Gasteiger partial charge in [0.15, 0.2) is 0 Å². The summed E-state index contributed by atoms with van der Waals surface area (Å²) in [5.41, 5.74) is 9.23. The maximum Gasteiger partial charge on any atom is 0.0648 e. The van der Waals surface area contributed by atoms with E-state index in [0.717, 1.165) is 29.6 Å². The van der Waals surface area contributed by atoms with E-state index < -0.39 is 0 Å². The van der Waals surface area contributed by atoms with Gasteiger partial charge < -0.3 is 10.5 Å². The first-order chi connectivity index (χ1) is 12.7. The van der Waals surface area contributed by atoms with Gasteiger partial charge in [0.05, 0.1) is 11.7 Å². The van der Waals surface area contributed by atoms with Gasteiger partial charge in [0.1, 0.15) is 0 Å². The van der Waals surface area contributed by atoms with Gasteiger partial charge in [-0.3, -0.25) is 0 Å². The molecule has 152 valence electrons. The lowest BCUT2D eigenvalue weighted by Crippen LogP contribution is -2.61. The lowest BCUT2D eigenvalue weighted by atomic mass is 9.42. The van der Waals surface area contributed by atoms with E-state index in [1.165, 1.54) is 51.4 Å². The standard InChI is InChI=1S/C25H41NO/c1-6-15-7-8-18-21-19(10-12-24(15,18)4)25(5)11-9-16(26)13-20(25)17-14-23(2,3)27-22(17)21/h6,16-22H,7-14,26H2,1-5H3/b15-6+/t16-,17+,18?,19?,20+,21?,22-,24+,25+/m0/s1. The van der Waals surface area contributed by atoms with Crippen molar-refractivity contribution in [2.45, 2.75) is 104 Å². The van der Waals surface area contributed by atoms with Crippen molar-refractivity contribution < 1.29 is 4.74 Å². The Morgan fingerprint density at radius 3 is 2.52 bits per heavy atom. The van der Waals surface area contributed by atoms with Crippen LogP contribution in [0.4, 0.5) is 0 Å². The van der Waals surface area contributed by atoms with Gasteiger partial charge in [0.25, 0.3) is 0 Å². The van der Waals surface area contributed by atoms with Crippen LogP contribution >= 0.6 is 0 Å². The van der Waals surface area contributed by atoms with E-state index in [-0.39, 0.29) is 5.60 Å². The van der Waals surface area contributed by atoms with Gasteiger partial charge in [0.2, 0.25) is 0 Å². The molecule has 0 aromatic carbocycles. The summed E-state index contributed by atoms with van der Waals surface area (Å²) in [5.74, 6) is 3.95. The third-order valence-electron chi connectivity index (χ3n) is 10.3. The highest BCUT2D eigenvalue weighted by atomic mass is 16.5. The minimum absolute atomic E-state index is 0.0442. The van der Waals surface area contributed by atoms with Crippen LogP contribution in [0.3, 0.4) is 0 Å². The zero-order valence-electron chi connectivity index (χ0n) is 18.3. The van der Waals surface area contributed by atoms with Crippen molar-refractivity contribution in [2.24, 2.45) is 46.2 Å². The zero-order chi connectivity index (χ0) is 19.2. The fourth-order valence-electron chi connectivity index (χ4n) is 9.19. The summed E-state index contributed by atoms with van der Waals surface area (Å²) >= 11 is 0. The van der Waals surface area contributed by atoms with Crippen molar-refractivity contribution in [3.8, 4) is 0 Å². The van der Waals surface area contributed by atoms with Crippen LogP contribution in [0.1, 0.15) is 86.0 Å². The summed E-state index contributed by atoms with van der Waals surface area (Å²) in [5, 5.41) is 0. The summed E-state index contributed by atoms with van der Waals surface area (Å²) < 4.78 is 6.91. The summed E-state index contributed by atoms with van der Waals surface area (Å²) in [4.78, 5) is 0. The molecular weight excluding hydrogens is 330 g/mol. The second kappa shape index (κ2) is 5.85. The molecule has 5 aliphatic rings. The Balaban J connectivity index is 1.59. The van der Waals surface area contributed by atoms with E-state index in [2.05, 4.69) is 40.7 Å². The average molecular weight is 372 g/mol. The van der Waals surface area contributed by atoms with Gasteiger partial charge >= 0.3 is 0 Å². The predicted molar refractivity (Wildman–Crippen MR) is 111 cm³/mol. The topological polar surface area (TPSA) is 35.2 Å². The molecule has 2 nitrogen and oxygen atoms in total. The summed E-state index contributed by atoms with van der Waals surface area (Å²) in [7, 11) is 0. The molecule has 4 aliphatic carbocycles. The molecule has 5 rings (SSSR count). The number of hydrogen-bond donors (Lipinski definition) is 1. The summed E-state index contributed by atoms with van der Waals surface area (Å²) in [6.07, 6.45) is 13.5. The molecule has 5 fully saturated rings. The molecule has 0 amide bonds. The lowest BCUT2D eigenvalue weighted by Gasteiger charge is -2.63. The number of allylic oxidation sites excluding steroid dienone is 2.